The van der Waals surface area contributed by atoms with E-state index in [0.717, 1.165) is 11.6 Å². The quantitative estimate of drug-likeness (QED) is 0.794. The number of aliphatic carboxylic acids is 1. The standard InChI is InChI=1S/C18H18O5/c1-21-15-10-14(8-9-17(19)20)11-16(22-2)18(15)23-12-13-6-4-3-5-7-13/h3-11H,12H2,1-2H3,(H,19,20). The number of methoxy groups -OCH3 is 2. The maximum atomic E-state index is 10.6. The van der Waals surface area contributed by atoms with E-state index in [1.165, 1.54) is 20.3 Å². The lowest BCUT2D eigenvalue weighted by atomic mass is 10.1. The van der Waals surface area contributed by atoms with E-state index in [1.807, 2.05) is 30.3 Å². The number of rotatable bonds is 7. The number of hydrogen-bond donors (Lipinski definition) is 1. The second-order valence-electron chi connectivity index (χ2n) is 4.70. The Hall–Kier alpha value is -2.95. The Morgan fingerprint density at radius 1 is 1.09 bits per heavy atom. The number of carboxylic acid groups (broad SMARTS) is 1. The minimum atomic E-state index is -1.02. The Bertz CT molecular complexity index is 667. The van der Waals surface area contributed by atoms with E-state index in [2.05, 4.69) is 0 Å². The summed E-state index contributed by atoms with van der Waals surface area (Å²) < 4.78 is 16.5. The molecule has 5 heteroatoms. The van der Waals surface area contributed by atoms with Gasteiger partial charge in [0.05, 0.1) is 14.2 Å². The molecule has 0 heterocycles. The average molecular weight is 314 g/mol. The van der Waals surface area contributed by atoms with Crippen molar-refractivity contribution in [1.82, 2.24) is 0 Å². The summed E-state index contributed by atoms with van der Waals surface area (Å²) in [5, 5.41) is 8.72. The molecule has 0 spiro atoms. The van der Waals surface area contributed by atoms with Crippen molar-refractivity contribution in [2.75, 3.05) is 14.2 Å². The topological polar surface area (TPSA) is 65.0 Å². The molecule has 0 aromatic heterocycles. The smallest absolute Gasteiger partial charge is 0.328 e. The molecular weight excluding hydrogens is 296 g/mol. The van der Waals surface area contributed by atoms with E-state index in [0.29, 0.717) is 29.4 Å². The zero-order valence-corrected chi connectivity index (χ0v) is 13.0. The van der Waals surface area contributed by atoms with Gasteiger partial charge in [0.25, 0.3) is 0 Å². The van der Waals surface area contributed by atoms with Gasteiger partial charge in [-0.1, -0.05) is 30.3 Å². The van der Waals surface area contributed by atoms with Crippen LogP contribution in [0.15, 0.2) is 48.5 Å². The summed E-state index contributed by atoms with van der Waals surface area (Å²) in [6.07, 6.45) is 2.52. The van der Waals surface area contributed by atoms with E-state index in [4.69, 9.17) is 19.3 Å². The predicted octanol–water partition coefficient (Wildman–Crippen LogP) is 3.38. The van der Waals surface area contributed by atoms with E-state index in [1.54, 1.807) is 12.1 Å². The molecule has 2 aromatic rings. The number of ether oxygens (including phenoxy) is 3. The fourth-order valence-corrected chi connectivity index (χ4v) is 2.04. The third kappa shape index (κ3) is 4.51. The summed E-state index contributed by atoms with van der Waals surface area (Å²) in [5.41, 5.74) is 1.67. The van der Waals surface area contributed by atoms with Gasteiger partial charge in [0.2, 0.25) is 5.75 Å². The molecule has 0 saturated carbocycles. The lowest BCUT2D eigenvalue weighted by Crippen LogP contribution is -2.00. The van der Waals surface area contributed by atoms with Crippen LogP contribution in [0.1, 0.15) is 11.1 Å². The van der Waals surface area contributed by atoms with Gasteiger partial charge in [0.1, 0.15) is 6.61 Å². The van der Waals surface area contributed by atoms with Gasteiger partial charge in [-0.05, 0) is 29.3 Å². The Morgan fingerprint density at radius 3 is 2.22 bits per heavy atom. The van der Waals surface area contributed by atoms with Gasteiger partial charge >= 0.3 is 5.97 Å². The van der Waals surface area contributed by atoms with Gasteiger partial charge in [0.15, 0.2) is 11.5 Å². The molecule has 23 heavy (non-hydrogen) atoms. The van der Waals surface area contributed by atoms with E-state index in [-0.39, 0.29) is 0 Å². The highest BCUT2D eigenvalue weighted by Crippen LogP contribution is 2.39. The predicted molar refractivity (Wildman–Crippen MR) is 87.0 cm³/mol. The highest BCUT2D eigenvalue weighted by molar-refractivity contribution is 5.85. The monoisotopic (exact) mass is 314 g/mol. The van der Waals surface area contributed by atoms with Crippen molar-refractivity contribution < 1.29 is 24.1 Å². The van der Waals surface area contributed by atoms with Crippen LogP contribution in [0.2, 0.25) is 0 Å². The Kier molecular flexibility index (Phi) is 5.63. The third-order valence-electron chi connectivity index (χ3n) is 3.13. The molecule has 0 bridgehead atoms. The van der Waals surface area contributed by atoms with Crippen molar-refractivity contribution in [3.8, 4) is 17.2 Å². The Labute approximate surface area is 134 Å². The molecule has 0 atom stereocenters. The maximum Gasteiger partial charge on any atom is 0.328 e. The largest absolute Gasteiger partial charge is 0.493 e. The van der Waals surface area contributed by atoms with Crippen molar-refractivity contribution in [2.24, 2.45) is 0 Å². The average Bonchev–Trinajstić information content (AvgIpc) is 2.58. The molecule has 2 rings (SSSR count). The van der Waals surface area contributed by atoms with Gasteiger partial charge in [-0.3, -0.25) is 0 Å². The first-order valence-corrected chi connectivity index (χ1v) is 6.97. The molecule has 120 valence electrons. The zero-order chi connectivity index (χ0) is 16.7. The summed E-state index contributed by atoms with van der Waals surface area (Å²) in [5.74, 6) is 0.411. The van der Waals surface area contributed by atoms with Crippen LogP contribution in [-0.2, 0) is 11.4 Å². The zero-order valence-electron chi connectivity index (χ0n) is 13.0. The molecule has 0 aliphatic heterocycles. The number of hydrogen-bond acceptors (Lipinski definition) is 4. The van der Waals surface area contributed by atoms with Gasteiger partial charge in [0, 0.05) is 6.08 Å². The molecule has 0 aliphatic carbocycles. The van der Waals surface area contributed by atoms with Crippen molar-refractivity contribution in [3.05, 3.63) is 59.7 Å². The molecule has 0 amide bonds. The van der Waals surface area contributed by atoms with Crippen LogP contribution >= 0.6 is 0 Å². The van der Waals surface area contributed by atoms with Crippen LogP contribution in [0.3, 0.4) is 0 Å². The van der Waals surface area contributed by atoms with Gasteiger partial charge < -0.3 is 19.3 Å². The third-order valence-corrected chi connectivity index (χ3v) is 3.13. The number of carbonyl (C=O) groups is 1. The molecule has 0 fully saturated rings. The minimum Gasteiger partial charge on any atom is -0.493 e. The fraction of sp³-hybridized carbons (Fsp3) is 0.167. The molecule has 0 radical (unpaired) electrons. The van der Waals surface area contributed by atoms with Crippen LogP contribution in [0.25, 0.3) is 6.08 Å². The molecule has 1 N–H and O–H groups in total. The molecular formula is C18H18O5. The lowest BCUT2D eigenvalue weighted by molar-refractivity contribution is -0.131. The van der Waals surface area contributed by atoms with Crippen molar-refractivity contribution in [3.63, 3.8) is 0 Å². The summed E-state index contributed by atoms with van der Waals surface area (Å²) in [6.45, 7) is 0.373. The second-order valence-corrected chi connectivity index (χ2v) is 4.70. The van der Waals surface area contributed by atoms with Crippen LogP contribution < -0.4 is 14.2 Å². The van der Waals surface area contributed by atoms with Crippen LogP contribution in [-0.4, -0.2) is 25.3 Å². The molecule has 5 nitrogen and oxygen atoms in total. The maximum absolute atomic E-state index is 10.6. The van der Waals surface area contributed by atoms with Crippen molar-refractivity contribution in [2.45, 2.75) is 6.61 Å². The molecule has 0 unspecified atom stereocenters. The van der Waals surface area contributed by atoms with Crippen LogP contribution in [0.4, 0.5) is 0 Å². The lowest BCUT2D eigenvalue weighted by Gasteiger charge is -2.15. The summed E-state index contributed by atoms with van der Waals surface area (Å²) in [7, 11) is 3.05. The van der Waals surface area contributed by atoms with Crippen molar-refractivity contribution in [1.29, 1.82) is 0 Å². The van der Waals surface area contributed by atoms with E-state index >= 15 is 0 Å². The first kappa shape index (κ1) is 16.4. The van der Waals surface area contributed by atoms with Gasteiger partial charge in [-0.25, -0.2) is 4.79 Å². The highest BCUT2D eigenvalue weighted by atomic mass is 16.5. The van der Waals surface area contributed by atoms with E-state index in [9.17, 15) is 4.79 Å². The van der Waals surface area contributed by atoms with Gasteiger partial charge in [-0.15, -0.1) is 0 Å². The summed E-state index contributed by atoms with van der Waals surface area (Å²) in [4.78, 5) is 10.6. The molecule has 0 saturated heterocycles. The molecule has 0 aliphatic rings. The number of benzene rings is 2. The summed E-state index contributed by atoms with van der Waals surface area (Å²) in [6, 6.07) is 13.1. The van der Waals surface area contributed by atoms with Crippen molar-refractivity contribution >= 4 is 12.0 Å². The first-order chi connectivity index (χ1) is 11.1. The van der Waals surface area contributed by atoms with E-state index < -0.39 is 5.97 Å². The van der Waals surface area contributed by atoms with Gasteiger partial charge in [-0.2, -0.15) is 0 Å². The SMILES string of the molecule is COc1cc(C=CC(=O)O)cc(OC)c1OCc1ccccc1. The summed E-state index contributed by atoms with van der Waals surface area (Å²) >= 11 is 0. The normalized spacial score (nSPS) is 10.5. The highest BCUT2D eigenvalue weighted by Gasteiger charge is 2.13. The number of carboxylic acids is 1. The first-order valence-electron chi connectivity index (χ1n) is 6.97. The minimum absolute atomic E-state index is 0.373. The van der Waals surface area contributed by atoms with Crippen LogP contribution in [0.5, 0.6) is 17.2 Å². The Morgan fingerprint density at radius 2 is 1.70 bits per heavy atom. The fourth-order valence-electron chi connectivity index (χ4n) is 2.04. The molecule has 2 aromatic carbocycles. The van der Waals surface area contributed by atoms with Crippen LogP contribution in [0, 0.1) is 0 Å². The second kappa shape index (κ2) is 7.89. The Balaban J connectivity index is 2.28.